The van der Waals surface area contributed by atoms with Crippen molar-refractivity contribution < 1.29 is 14.2 Å². The zero-order valence-electron chi connectivity index (χ0n) is 12.4. The molecule has 5 nitrogen and oxygen atoms in total. The molecule has 0 radical (unpaired) electrons. The second kappa shape index (κ2) is 6.03. The average Bonchev–Trinajstić information content (AvgIpc) is 3.06. The molecule has 2 N–H and O–H groups in total. The SMILES string of the molecule is CCCCCCOc1cccc2c1C(=N)NC21OCCO1. The van der Waals surface area contributed by atoms with E-state index in [1.165, 1.54) is 19.3 Å². The number of amidine groups is 1. The summed E-state index contributed by atoms with van der Waals surface area (Å²) in [5, 5.41) is 11.2. The lowest BCUT2D eigenvalue weighted by Crippen LogP contribution is -2.40. The van der Waals surface area contributed by atoms with Crippen LogP contribution in [0.5, 0.6) is 5.75 Å². The monoisotopic (exact) mass is 290 g/mol. The molecule has 0 amide bonds. The van der Waals surface area contributed by atoms with Gasteiger partial charge >= 0.3 is 0 Å². The molecule has 3 rings (SSSR count). The number of hydrogen-bond acceptors (Lipinski definition) is 4. The smallest absolute Gasteiger partial charge is 0.279 e. The minimum atomic E-state index is -0.978. The number of ether oxygens (including phenoxy) is 3. The van der Waals surface area contributed by atoms with Gasteiger partial charge in [0.15, 0.2) is 0 Å². The van der Waals surface area contributed by atoms with E-state index in [4.69, 9.17) is 19.6 Å². The number of benzene rings is 1. The molecule has 2 aliphatic heterocycles. The highest BCUT2D eigenvalue weighted by Gasteiger charge is 2.48. The van der Waals surface area contributed by atoms with Crippen LogP contribution in [0.15, 0.2) is 18.2 Å². The maximum absolute atomic E-state index is 8.16. The molecule has 1 spiro atoms. The van der Waals surface area contributed by atoms with Gasteiger partial charge in [-0.3, -0.25) is 5.41 Å². The number of fused-ring (bicyclic) bond motifs is 2. The van der Waals surface area contributed by atoms with Crippen LogP contribution < -0.4 is 10.1 Å². The number of rotatable bonds is 6. The van der Waals surface area contributed by atoms with E-state index in [0.717, 1.165) is 23.3 Å². The van der Waals surface area contributed by atoms with Crippen molar-refractivity contribution in [1.29, 1.82) is 5.41 Å². The van der Waals surface area contributed by atoms with Gasteiger partial charge in [0.2, 0.25) is 0 Å². The maximum Gasteiger partial charge on any atom is 0.279 e. The standard InChI is InChI=1S/C16H22N2O3/c1-2-3-4-5-9-19-13-8-6-7-12-14(13)15(17)18-16(12)20-10-11-21-16/h6-8H,2-5,9-11H2,1H3,(H2,17,18). The predicted molar refractivity (Wildman–Crippen MR) is 79.6 cm³/mol. The highest BCUT2D eigenvalue weighted by atomic mass is 16.8. The van der Waals surface area contributed by atoms with Crippen molar-refractivity contribution in [3.63, 3.8) is 0 Å². The summed E-state index contributed by atoms with van der Waals surface area (Å²) in [7, 11) is 0. The van der Waals surface area contributed by atoms with Gasteiger partial charge in [-0.2, -0.15) is 0 Å². The summed E-state index contributed by atoms with van der Waals surface area (Å²) in [5.74, 6) is 0.0575. The normalized spacial score (nSPS) is 18.8. The summed E-state index contributed by atoms with van der Waals surface area (Å²) in [4.78, 5) is 0. The van der Waals surface area contributed by atoms with Gasteiger partial charge in [0.1, 0.15) is 11.6 Å². The van der Waals surface area contributed by atoms with Crippen molar-refractivity contribution in [2.45, 2.75) is 38.5 Å². The van der Waals surface area contributed by atoms with E-state index in [2.05, 4.69) is 12.2 Å². The zero-order valence-corrected chi connectivity index (χ0v) is 12.4. The summed E-state index contributed by atoms with van der Waals surface area (Å²) in [6, 6.07) is 5.76. The molecule has 2 heterocycles. The first-order valence-corrected chi connectivity index (χ1v) is 7.68. The van der Waals surface area contributed by atoms with E-state index >= 15 is 0 Å². The fraction of sp³-hybridized carbons (Fsp3) is 0.562. The molecular weight excluding hydrogens is 268 g/mol. The Morgan fingerprint density at radius 1 is 1.24 bits per heavy atom. The summed E-state index contributed by atoms with van der Waals surface area (Å²) in [5.41, 5.74) is 1.60. The molecule has 0 saturated carbocycles. The van der Waals surface area contributed by atoms with E-state index in [-0.39, 0.29) is 0 Å². The highest BCUT2D eigenvalue weighted by molar-refractivity contribution is 6.03. The Kier molecular flexibility index (Phi) is 4.12. The largest absolute Gasteiger partial charge is 0.493 e. The molecule has 0 unspecified atom stereocenters. The second-order valence-corrected chi connectivity index (χ2v) is 5.40. The third-order valence-electron chi connectivity index (χ3n) is 3.87. The molecule has 2 aliphatic rings. The van der Waals surface area contributed by atoms with Crippen LogP contribution >= 0.6 is 0 Å². The van der Waals surface area contributed by atoms with Gasteiger partial charge in [-0.25, -0.2) is 0 Å². The number of nitrogens with one attached hydrogen (secondary N) is 2. The molecule has 0 aromatic heterocycles. The Balaban J connectivity index is 1.75. The predicted octanol–water partition coefficient (Wildman–Crippen LogP) is 2.73. The lowest BCUT2D eigenvalue weighted by molar-refractivity contribution is -0.173. The number of unbranched alkanes of at least 4 members (excludes halogenated alkanes) is 3. The Morgan fingerprint density at radius 2 is 2.05 bits per heavy atom. The minimum absolute atomic E-state index is 0.302. The number of hydrogen-bond donors (Lipinski definition) is 2. The van der Waals surface area contributed by atoms with E-state index in [9.17, 15) is 0 Å². The van der Waals surface area contributed by atoms with Crippen LogP contribution in [-0.2, 0) is 15.4 Å². The van der Waals surface area contributed by atoms with Gasteiger partial charge in [-0.1, -0.05) is 38.3 Å². The van der Waals surface area contributed by atoms with Crippen LogP contribution in [-0.4, -0.2) is 25.7 Å². The molecule has 1 aromatic carbocycles. The van der Waals surface area contributed by atoms with Crippen molar-refractivity contribution in [2.75, 3.05) is 19.8 Å². The summed E-state index contributed by atoms with van der Waals surface area (Å²) in [6.45, 7) is 3.93. The van der Waals surface area contributed by atoms with Crippen LogP contribution in [0.2, 0.25) is 0 Å². The fourth-order valence-corrected chi connectivity index (χ4v) is 2.83. The van der Waals surface area contributed by atoms with Crippen molar-refractivity contribution in [3.8, 4) is 5.75 Å². The molecule has 5 heteroatoms. The molecule has 114 valence electrons. The van der Waals surface area contributed by atoms with E-state index < -0.39 is 5.91 Å². The molecule has 21 heavy (non-hydrogen) atoms. The first-order valence-electron chi connectivity index (χ1n) is 7.68. The van der Waals surface area contributed by atoms with Gasteiger partial charge in [0.05, 0.1) is 25.4 Å². The first-order chi connectivity index (χ1) is 10.3. The quantitative estimate of drug-likeness (QED) is 0.791. The fourth-order valence-electron chi connectivity index (χ4n) is 2.83. The minimum Gasteiger partial charge on any atom is -0.493 e. The van der Waals surface area contributed by atoms with Gasteiger partial charge < -0.3 is 19.5 Å². The Morgan fingerprint density at radius 3 is 2.81 bits per heavy atom. The van der Waals surface area contributed by atoms with Crippen LogP contribution in [0.4, 0.5) is 0 Å². The van der Waals surface area contributed by atoms with E-state index in [1.54, 1.807) is 0 Å². The highest BCUT2D eigenvalue weighted by Crippen LogP contribution is 2.40. The molecular formula is C16H22N2O3. The van der Waals surface area contributed by atoms with Crippen LogP contribution in [0.25, 0.3) is 0 Å². The van der Waals surface area contributed by atoms with Crippen molar-refractivity contribution in [1.82, 2.24) is 5.32 Å². The molecule has 1 fully saturated rings. The van der Waals surface area contributed by atoms with Gasteiger partial charge in [-0.05, 0) is 12.5 Å². The Hall–Kier alpha value is -1.59. The lowest BCUT2D eigenvalue weighted by Gasteiger charge is -2.22. The van der Waals surface area contributed by atoms with Crippen LogP contribution in [0, 0.1) is 5.41 Å². The maximum atomic E-state index is 8.16. The summed E-state index contributed by atoms with van der Waals surface area (Å²) in [6.07, 6.45) is 4.67. The van der Waals surface area contributed by atoms with Gasteiger partial charge in [0.25, 0.3) is 5.91 Å². The van der Waals surface area contributed by atoms with Crippen molar-refractivity contribution >= 4 is 5.84 Å². The van der Waals surface area contributed by atoms with Crippen molar-refractivity contribution in [3.05, 3.63) is 29.3 Å². The molecule has 0 bridgehead atoms. The van der Waals surface area contributed by atoms with Gasteiger partial charge in [0, 0.05) is 5.56 Å². The molecule has 1 saturated heterocycles. The summed E-state index contributed by atoms with van der Waals surface area (Å²) < 4.78 is 17.2. The topological polar surface area (TPSA) is 63.6 Å². The first kappa shape index (κ1) is 14.4. The van der Waals surface area contributed by atoms with Gasteiger partial charge in [-0.15, -0.1) is 0 Å². The molecule has 0 aliphatic carbocycles. The van der Waals surface area contributed by atoms with Crippen LogP contribution in [0.1, 0.15) is 43.7 Å². The second-order valence-electron chi connectivity index (χ2n) is 5.40. The lowest BCUT2D eigenvalue weighted by atomic mass is 10.1. The third-order valence-corrected chi connectivity index (χ3v) is 3.87. The van der Waals surface area contributed by atoms with E-state index in [0.29, 0.717) is 25.7 Å². The molecule has 1 aromatic rings. The summed E-state index contributed by atoms with van der Waals surface area (Å²) >= 11 is 0. The Labute approximate surface area is 125 Å². The van der Waals surface area contributed by atoms with Crippen molar-refractivity contribution in [2.24, 2.45) is 0 Å². The average molecular weight is 290 g/mol. The van der Waals surface area contributed by atoms with Crippen LogP contribution in [0.3, 0.4) is 0 Å². The molecule has 0 atom stereocenters. The third kappa shape index (κ3) is 2.63. The Bertz CT molecular complexity index is 524. The van der Waals surface area contributed by atoms with E-state index in [1.807, 2.05) is 18.2 Å². The zero-order chi connectivity index (χ0) is 14.7.